The minimum absolute atomic E-state index is 0.0611. The van der Waals surface area contributed by atoms with Crippen LogP contribution in [0.4, 0.5) is 11.4 Å². The molecule has 0 atom stereocenters. The van der Waals surface area contributed by atoms with Gasteiger partial charge in [-0.05, 0) is 30.0 Å². The van der Waals surface area contributed by atoms with E-state index in [0.29, 0.717) is 22.2 Å². The van der Waals surface area contributed by atoms with Crippen molar-refractivity contribution in [2.24, 2.45) is 0 Å². The molecule has 0 saturated carbocycles. The van der Waals surface area contributed by atoms with Crippen molar-refractivity contribution in [1.82, 2.24) is 4.90 Å². The molecule has 30 heavy (non-hydrogen) atoms. The summed E-state index contributed by atoms with van der Waals surface area (Å²) in [4.78, 5) is 49.3. The van der Waals surface area contributed by atoms with E-state index in [1.807, 2.05) is 12.1 Å². The molecule has 1 aliphatic rings. The molecule has 1 heterocycles. The summed E-state index contributed by atoms with van der Waals surface area (Å²) in [5.41, 5.74) is 1.15. The Labute approximate surface area is 171 Å². The first kappa shape index (κ1) is 19.3. The van der Waals surface area contributed by atoms with Crippen LogP contribution in [-0.4, -0.2) is 34.1 Å². The number of amides is 3. The maximum absolute atomic E-state index is 12.8. The Balaban J connectivity index is 1.41. The lowest BCUT2D eigenvalue weighted by molar-refractivity contribution is -0.384. The van der Waals surface area contributed by atoms with Gasteiger partial charge in [0.15, 0.2) is 0 Å². The largest absolute Gasteiger partial charge is 0.326 e. The van der Waals surface area contributed by atoms with E-state index in [4.69, 9.17) is 0 Å². The van der Waals surface area contributed by atoms with E-state index in [9.17, 15) is 24.5 Å². The molecule has 0 spiro atoms. The summed E-state index contributed by atoms with van der Waals surface area (Å²) in [5, 5.41) is 14.9. The Morgan fingerprint density at radius 1 is 0.967 bits per heavy atom. The van der Waals surface area contributed by atoms with E-state index in [-0.39, 0.29) is 42.8 Å². The van der Waals surface area contributed by atoms with E-state index >= 15 is 0 Å². The summed E-state index contributed by atoms with van der Waals surface area (Å²) >= 11 is 0. The average molecular weight is 403 g/mol. The fourth-order valence-electron chi connectivity index (χ4n) is 3.60. The van der Waals surface area contributed by atoms with Crippen LogP contribution in [0.25, 0.3) is 10.8 Å². The number of anilines is 1. The minimum Gasteiger partial charge on any atom is -0.326 e. The molecule has 1 N–H and O–H groups in total. The topological polar surface area (TPSA) is 110 Å². The number of nitrogens with one attached hydrogen (secondary N) is 1. The standard InChI is InChI=1S/C22H17N3O5/c26-19(23-15-7-3-8-16(13-15)25(29)30)11-4-12-24-21(27)17-9-1-5-14-6-2-10-18(20(14)17)22(24)28/h1-3,5-10,13H,4,11-12H2,(H,23,26). The number of carbonyl (C=O) groups is 3. The fraction of sp³-hybridized carbons (Fsp3) is 0.136. The van der Waals surface area contributed by atoms with E-state index in [1.165, 1.54) is 18.2 Å². The normalized spacial score (nSPS) is 12.9. The first-order valence-corrected chi connectivity index (χ1v) is 9.38. The van der Waals surface area contributed by atoms with E-state index in [0.717, 1.165) is 10.3 Å². The van der Waals surface area contributed by atoms with Gasteiger partial charge in [0.05, 0.1) is 4.92 Å². The van der Waals surface area contributed by atoms with Crippen molar-refractivity contribution >= 4 is 39.9 Å². The van der Waals surface area contributed by atoms with Crippen molar-refractivity contribution in [3.05, 3.63) is 81.9 Å². The zero-order valence-electron chi connectivity index (χ0n) is 15.8. The second kappa shape index (κ2) is 7.75. The van der Waals surface area contributed by atoms with Gasteiger partial charge in [-0.25, -0.2) is 0 Å². The highest BCUT2D eigenvalue weighted by atomic mass is 16.6. The Morgan fingerprint density at radius 3 is 2.23 bits per heavy atom. The van der Waals surface area contributed by atoms with Crippen molar-refractivity contribution in [2.75, 3.05) is 11.9 Å². The molecule has 150 valence electrons. The van der Waals surface area contributed by atoms with Crippen LogP contribution >= 0.6 is 0 Å². The lowest BCUT2D eigenvalue weighted by Gasteiger charge is -2.27. The van der Waals surface area contributed by atoms with Crippen LogP contribution in [0, 0.1) is 10.1 Å². The molecule has 0 saturated heterocycles. The van der Waals surface area contributed by atoms with Gasteiger partial charge in [-0.1, -0.05) is 30.3 Å². The molecule has 3 amide bonds. The first-order valence-electron chi connectivity index (χ1n) is 9.38. The van der Waals surface area contributed by atoms with Crippen molar-refractivity contribution in [2.45, 2.75) is 12.8 Å². The number of benzene rings is 3. The SMILES string of the molecule is O=C(CCCN1C(=O)c2cccc3cccc(c23)C1=O)Nc1cccc([N+](=O)[O-])c1. The van der Waals surface area contributed by atoms with Gasteiger partial charge in [-0.2, -0.15) is 0 Å². The highest BCUT2D eigenvalue weighted by Gasteiger charge is 2.32. The van der Waals surface area contributed by atoms with Gasteiger partial charge < -0.3 is 5.32 Å². The van der Waals surface area contributed by atoms with Crippen LogP contribution in [0.3, 0.4) is 0 Å². The number of hydrogen-bond acceptors (Lipinski definition) is 5. The molecule has 0 bridgehead atoms. The Kier molecular flexibility index (Phi) is 4.97. The number of nitro benzene ring substituents is 1. The molecule has 4 rings (SSSR count). The van der Waals surface area contributed by atoms with Crippen LogP contribution in [0.2, 0.25) is 0 Å². The number of carbonyl (C=O) groups excluding carboxylic acids is 3. The predicted molar refractivity (Wildman–Crippen MR) is 110 cm³/mol. The number of non-ortho nitro benzene ring substituents is 1. The third-order valence-electron chi connectivity index (χ3n) is 4.98. The zero-order chi connectivity index (χ0) is 21.3. The van der Waals surface area contributed by atoms with Crippen molar-refractivity contribution in [1.29, 1.82) is 0 Å². The van der Waals surface area contributed by atoms with Crippen LogP contribution in [0.5, 0.6) is 0 Å². The van der Waals surface area contributed by atoms with Crippen molar-refractivity contribution < 1.29 is 19.3 Å². The number of imide groups is 1. The molecule has 0 radical (unpaired) electrons. The zero-order valence-corrected chi connectivity index (χ0v) is 15.8. The van der Waals surface area contributed by atoms with Crippen LogP contribution < -0.4 is 5.32 Å². The van der Waals surface area contributed by atoms with Gasteiger partial charge >= 0.3 is 0 Å². The quantitative estimate of drug-likeness (QED) is 0.383. The van der Waals surface area contributed by atoms with Crippen LogP contribution in [0.1, 0.15) is 33.6 Å². The van der Waals surface area contributed by atoms with Crippen molar-refractivity contribution in [3.63, 3.8) is 0 Å². The summed E-state index contributed by atoms with van der Waals surface area (Å²) in [6, 6.07) is 16.3. The minimum atomic E-state index is -0.540. The fourth-order valence-corrected chi connectivity index (χ4v) is 3.60. The number of rotatable bonds is 6. The Bertz CT molecular complexity index is 1150. The predicted octanol–water partition coefficient (Wildman–Crippen LogP) is 3.76. The first-order chi connectivity index (χ1) is 14.5. The van der Waals surface area contributed by atoms with Crippen molar-refractivity contribution in [3.8, 4) is 0 Å². The Hall–Kier alpha value is -4.07. The second-order valence-electron chi connectivity index (χ2n) is 6.93. The number of hydrogen-bond donors (Lipinski definition) is 1. The molecule has 8 nitrogen and oxygen atoms in total. The maximum Gasteiger partial charge on any atom is 0.271 e. The third-order valence-corrected chi connectivity index (χ3v) is 4.98. The molecule has 0 aromatic heterocycles. The summed E-state index contributed by atoms with van der Waals surface area (Å²) in [5.74, 6) is -1.10. The second-order valence-corrected chi connectivity index (χ2v) is 6.93. The van der Waals surface area contributed by atoms with Crippen LogP contribution in [0.15, 0.2) is 60.7 Å². The van der Waals surface area contributed by atoms with Gasteiger partial charge in [-0.3, -0.25) is 29.4 Å². The number of nitrogens with zero attached hydrogens (tertiary/aromatic N) is 2. The highest BCUT2D eigenvalue weighted by Crippen LogP contribution is 2.30. The van der Waals surface area contributed by atoms with E-state index < -0.39 is 4.92 Å². The lowest BCUT2D eigenvalue weighted by Crippen LogP contribution is -2.41. The molecule has 0 fully saturated rings. The molecular formula is C22H17N3O5. The molecule has 0 aliphatic carbocycles. The molecule has 3 aromatic rings. The van der Waals surface area contributed by atoms with Gasteiger partial charge in [0.1, 0.15) is 0 Å². The number of nitro groups is 1. The molecule has 1 aliphatic heterocycles. The molecule has 3 aromatic carbocycles. The summed E-state index contributed by atoms with van der Waals surface area (Å²) in [6.07, 6.45) is 0.335. The monoisotopic (exact) mass is 403 g/mol. The third kappa shape index (κ3) is 3.50. The maximum atomic E-state index is 12.8. The van der Waals surface area contributed by atoms with Gasteiger partial charge in [-0.15, -0.1) is 0 Å². The van der Waals surface area contributed by atoms with E-state index in [1.54, 1.807) is 30.3 Å². The average Bonchev–Trinajstić information content (AvgIpc) is 2.74. The van der Waals surface area contributed by atoms with Gasteiger partial charge in [0.2, 0.25) is 5.91 Å². The lowest BCUT2D eigenvalue weighted by atomic mass is 9.94. The van der Waals surface area contributed by atoms with E-state index in [2.05, 4.69) is 5.32 Å². The summed E-state index contributed by atoms with van der Waals surface area (Å²) < 4.78 is 0. The smallest absolute Gasteiger partial charge is 0.271 e. The Morgan fingerprint density at radius 2 is 1.60 bits per heavy atom. The van der Waals surface area contributed by atoms with Crippen LogP contribution in [-0.2, 0) is 4.79 Å². The van der Waals surface area contributed by atoms with Gasteiger partial charge in [0.25, 0.3) is 17.5 Å². The van der Waals surface area contributed by atoms with Gasteiger partial charge in [0, 0.05) is 47.3 Å². The molecule has 8 heteroatoms. The highest BCUT2D eigenvalue weighted by molar-refractivity contribution is 6.25. The summed E-state index contributed by atoms with van der Waals surface area (Å²) in [6.45, 7) is 0.102. The molecule has 0 unspecified atom stereocenters. The summed E-state index contributed by atoms with van der Waals surface area (Å²) in [7, 11) is 0. The molecular weight excluding hydrogens is 386 g/mol.